The zero-order chi connectivity index (χ0) is 9.10. The summed E-state index contributed by atoms with van der Waals surface area (Å²) >= 11 is 0. The molecule has 0 aliphatic heterocycles. The van der Waals surface area contributed by atoms with Crippen LogP contribution in [0.4, 0.5) is 0 Å². The number of aliphatic hydroxyl groups excluding tert-OH is 1. The zero-order valence-electron chi connectivity index (χ0n) is 7.40. The molecular formula is C12H12O. The maximum atomic E-state index is 8.79. The summed E-state index contributed by atoms with van der Waals surface area (Å²) in [7, 11) is 0. The Labute approximate surface area is 78.0 Å². The van der Waals surface area contributed by atoms with Crippen molar-refractivity contribution in [2.24, 2.45) is 0 Å². The molecule has 0 unspecified atom stereocenters. The van der Waals surface area contributed by atoms with Gasteiger partial charge in [0.1, 0.15) is 0 Å². The highest BCUT2D eigenvalue weighted by Crippen LogP contribution is 2.24. The molecule has 0 atom stereocenters. The van der Waals surface area contributed by atoms with Crippen LogP contribution in [0.25, 0.3) is 11.1 Å². The van der Waals surface area contributed by atoms with Crippen LogP contribution in [0.5, 0.6) is 0 Å². The van der Waals surface area contributed by atoms with Crippen molar-refractivity contribution in [3.63, 3.8) is 0 Å². The van der Waals surface area contributed by atoms with Crippen molar-refractivity contribution in [1.82, 2.24) is 0 Å². The number of rotatable bonds is 2. The van der Waals surface area contributed by atoms with Gasteiger partial charge in [-0.3, -0.25) is 0 Å². The number of fused-ring (bicyclic) bond motifs is 1. The van der Waals surface area contributed by atoms with Gasteiger partial charge in [0.2, 0.25) is 0 Å². The molecule has 13 heavy (non-hydrogen) atoms. The van der Waals surface area contributed by atoms with Gasteiger partial charge in [-0.15, -0.1) is 0 Å². The Bertz CT molecular complexity index is 337. The quantitative estimate of drug-likeness (QED) is 0.737. The van der Waals surface area contributed by atoms with Crippen LogP contribution in [0.15, 0.2) is 42.5 Å². The van der Waals surface area contributed by atoms with Gasteiger partial charge in [-0.1, -0.05) is 42.5 Å². The SMILES string of the molecule is OCCc1cc2cccccc-2c1. The van der Waals surface area contributed by atoms with E-state index in [4.69, 9.17) is 5.11 Å². The molecular weight excluding hydrogens is 160 g/mol. The molecule has 2 rings (SSSR count). The zero-order valence-corrected chi connectivity index (χ0v) is 7.40. The van der Waals surface area contributed by atoms with Gasteiger partial charge in [0.05, 0.1) is 0 Å². The first kappa shape index (κ1) is 8.27. The smallest absolute Gasteiger partial charge is 0.0471 e. The second-order valence-corrected chi connectivity index (χ2v) is 3.16. The van der Waals surface area contributed by atoms with E-state index in [1.165, 1.54) is 16.7 Å². The minimum absolute atomic E-state index is 0.225. The molecule has 0 aromatic heterocycles. The Morgan fingerprint density at radius 1 is 0.923 bits per heavy atom. The van der Waals surface area contributed by atoms with E-state index in [0.717, 1.165) is 6.42 Å². The number of aliphatic hydroxyl groups is 1. The van der Waals surface area contributed by atoms with Crippen LogP contribution in [0.3, 0.4) is 0 Å². The van der Waals surface area contributed by atoms with E-state index >= 15 is 0 Å². The molecule has 1 N–H and O–H groups in total. The molecule has 0 amide bonds. The summed E-state index contributed by atoms with van der Waals surface area (Å²) in [5.41, 5.74) is 3.70. The van der Waals surface area contributed by atoms with E-state index in [2.05, 4.69) is 24.3 Å². The van der Waals surface area contributed by atoms with Crippen LogP contribution in [0.1, 0.15) is 5.56 Å². The third kappa shape index (κ3) is 1.70. The first-order valence-electron chi connectivity index (χ1n) is 4.49. The van der Waals surface area contributed by atoms with Gasteiger partial charge in [0.25, 0.3) is 0 Å². The van der Waals surface area contributed by atoms with Gasteiger partial charge >= 0.3 is 0 Å². The third-order valence-corrected chi connectivity index (χ3v) is 2.19. The molecule has 2 aliphatic rings. The molecule has 1 nitrogen and oxygen atoms in total. The fourth-order valence-electron chi connectivity index (χ4n) is 1.55. The summed E-state index contributed by atoms with van der Waals surface area (Å²) in [6, 6.07) is 14.5. The maximum absolute atomic E-state index is 8.79. The molecule has 0 aromatic carbocycles. The molecule has 0 spiro atoms. The molecule has 0 saturated carbocycles. The third-order valence-electron chi connectivity index (χ3n) is 2.19. The van der Waals surface area contributed by atoms with Gasteiger partial charge in [0, 0.05) is 6.61 Å². The predicted molar refractivity (Wildman–Crippen MR) is 53.9 cm³/mol. The van der Waals surface area contributed by atoms with Crippen molar-refractivity contribution in [2.75, 3.05) is 6.61 Å². The van der Waals surface area contributed by atoms with Gasteiger partial charge < -0.3 is 5.11 Å². The van der Waals surface area contributed by atoms with Crippen LogP contribution in [0, 0.1) is 0 Å². The first-order valence-corrected chi connectivity index (χ1v) is 4.49. The Morgan fingerprint density at radius 3 is 2.08 bits per heavy atom. The van der Waals surface area contributed by atoms with Gasteiger partial charge in [-0.05, 0) is 23.1 Å². The van der Waals surface area contributed by atoms with Crippen molar-refractivity contribution in [2.45, 2.75) is 6.42 Å². The Balaban J connectivity index is 2.45. The van der Waals surface area contributed by atoms with Crippen LogP contribution in [0.2, 0.25) is 0 Å². The Hall–Kier alpha value is -1.34. The minimum Gasteiger partial charge on any atom is -0.396 e. The van der Waals surface area contributed by atoms with Crippen LogP contribution in [-0.2, 0) is 6.42 Å². The van der Waals surface area contributed by atoms with E-state index in [-0.39, 0.29) is 6.61 Å². The average molecular weight is 172 g/mol. The second-order valence-electron chi connectivity index (χ2n) is 3.16. The molecule has 0 saturated heterocycles. The lowest BCUT2D eigenvalue weighted by Crippen LogP contribution is -1.85. The van der Waals surface area contributed by atoms with Crippen molar-refractivity contribution in [3.8, 4) is 11.1 Å². The average Bonchev–Trinajstić information content (AvgIpc) is 2.37. The summed E-state index contributed by atoms with van der Waals surface area (Å²) in [4.78, 5) is 0. The van der Waals surface area contributed by atoms with E-state index < -0.39 is 0 Å². The summed E-state index contributed by atoms with van der Waals surface area (Å²) in [5, 5.41) is 8.79. The maximum Gasteiger partial charge on any atom is 0.0471 e. The lowest BCUT2D eigenvalue weighted by Gasteiger charge is -1.87. The molecule has 0 radical (unpaired) electrons. The fourth-order valence-corrected chi connectivity index (χ4v) is 1.55. The number of hydrogen-bond donors (Lipinski definition) is 1. The fraction of sp³-hybridized carbons (Fsp3) is 0.167. The standard InChI is InChI=1S/C12H12O/c13-7-6-10-8-11-4-2-1-3-5-12(11)9-10/h1-5,8-9,13H,6-7H2. The summed E-state index contributed by atoms with van der Waals surface area (Å²) in [6.45, 7) is 0.225. The van der Waals surface area contributed by atoms with Crippen molar-refractivity contribution in [3.05, 3.63) is 48.0 Å². The Kier molecular flexibility index (Phi) is 2.28. The van der Waals surface area contributed by atoms with Crippen LogP contribution >= 0.6 is 0 Å². The largest absolute Gasteiger partial charge is 0.396 e. The van der Waals surface area contributed by atoms with E-state index in [9.17, 15) is 0 Å². The van der Waals surface area contributed by atoms with Crippen molar-refractivity contribution >= 4 is 0 Å². The van der Waals surface area contributed by atoms with Crippen LogP contribution in [-0.4, -0.2) is 11.7 Å². The highest BCUT2D eigenvalue weighted by atomic mass is 16.2. The summed E-state index contributed by atoms with van der Waals surface area (Å²) in [6.07, 6.45) is 0.748. The predicted octanol–water partition coefficient (Wildman–Crippen LogP) is 2.33. The molecule has 0 bridgehead atoms. The summed E-state index contributed by atoms with van der Waals surface area (Å²) < 4.78 is 0. The molecule has 66 valence electrons. The number of hydrogen-bond acceptors (Lipinski definition) is 1. The van der Waals surface area contributed by atoms with Crippen molar-refractivity contribution < 1.29 is 5.11 Å². The van der Waals surface area contributed by atoms with Crippen LogP contribution < -0.4 is 0 Å². The first-order chi connectivity index (χ1) is 6.40. The molecule has 1 heteroatoms. The van der Waals surface area contributed by atoms with Gasteiger partial charge in [-0.25, -0.2) is 0 Å². The normalized spacial score (nSPS) is 10.5. The van der Waals surface area contributed by atoms with E-state index in [1.807, 2.05) is 18.2 Å². The summed E-state index contributed by atoms with van der Waals surface area (Å²) in [5.74, 6) is 0. The second kappa shape index (κ2) is 3.58. The lowest BCUT2D eigenvalue weighted by molar-refractivity contribution is 0.300. The topological polar surface area (TPSA) is 20.2 Å². The highest BCUT2D eigenvalue weighted by molar-refractivity contribution is 5.67. The monoisotopic (exact) mass is 172 g/mol. The van der Waals surface area contributed by atoms with Gasteiger partial charge in [-0.2, -0.15) is 0 Å². The highest BCUT2D eigenvalue weighted by Gasteiger charge is 2.03. The van der Waals surface area contributed by atoms with Crippen molar-refractivity contribution in [1.29, 1.82) is 0 Å². The van der Waals surface area contributed by atoms with Gasteiger partial charge in [0.15, 0.2) is 0 Å². The molecule has 0 heterocycles. The Morgan fingerprint density at radius 2 is 1.54 bits per heavy atom. The molecule has 0 fully saturated rings. The molecule has 0 aromatic rings. The van der Waals surface area contributed by atoms with E-state index in [1.54, 1.807) is 0 Å². The van der Waals surface area contributed by atoms with E-state index in [0.29, 0.717) is 0 Å². The molecule has 2 aliphatic carbocycles. The lowest BCUT2D eigenvalue weighted by atomic mass is 10.2. The minimum atomic E-state index is 0.225.